The Morgan fingerprint density at radius 3 is 2.48 bits per heavy atom. The molecule has 9 heteroatoms. The zero-order valence-electron chi connectivity index (χ0n) is 16.3. The molecule has 0 bridgehead atoms. The van der Waals surface area contributed by atoms with Crippen molar-refractivity contribution in [1.29, 1.82) is 0 Å². The first-order chi connectivity index (χ1) is 13.6. The summed E-state index contributed by atoms with van der Waals surface area (Å²) in [5.41, 5.74) is -1.12. The number of aliphatic hydroxyl groups is 1. The smallest absolute Gasteiger partial charge is 0.393 e. The highest BCUT2D eigenvalue weighted by molar-refractivity contribution is 5.85. The number of hydrogen-bond acceptors (Lipinski definition) is 4. The number of carbonyl (C=O) groups excluding carboxylic acids is 1. The van der Waals surface area contributed by atoms with Crippen LogP contribution < -0.4 is 10.9 Å². The summed E-state index contributed by atoms with van der Waals surface area (Å²) in [4.78, 5) is 25.1. The van der Waals surface area contributed by atoms with Crippen LogP contribution in [0.15, 0.2) is 23.0 Å². The van der Waals surface area contributed by atoms with Crippen LogP contribution in [-0.4, -0.2) is 32.9 Å². The molecule has 158 valence electrons. The minimum absolute atomic E-state index is 0.0685. The molecular formula is C20H24F3N3O3. The molecule has 1 aliphatic carbocycles. The Hall–Kier alpha value is -2.42. The van der Waals surface area contributed by atoms with Gasteiger partial charge in [-0.15, -0.1) is 0 Å². The number of amides is 1. The van der Waals surface area contributed by atoms with Gasteiger partial charge in [0.1, 0.15) is 6.54 Å². The van der Waals surface area contributed by atoms with Gasteiger partial charge in [-0.25, -0.2) is 4.68 Å². The van der Waals surface area contributed by atoms with E-state index in [-0.39, 0.29) is 41.3 Å². The lowest BCUT2D eigenvalue weighted by Gasteiger charge is -2.26. The summed E-state index contributed by atoms with van der Waals surface area (Å²) < 4.78 is 40.2. The van der Waals surface area contributed by atoms with Crippen LogP contribution in [0.2, 0.25) is 0 Å². The summed E-state index contributed by atoms with van der Waals surface area (Å²) in [5.74, 6) is -0.627. The van der Waals surface area contributed by atoms with Crippen molar-refractivity contribution in [2.24, 2.45) is 0 Å². The number of carbonyl (C=O) groups is 1. The first-order valence-corrected chi connectivity index (χ1v) is 9.65. The molecule has 1 amide bonds. The molecule has 0 spiro atoms. The minimum atomic E-state index is -4.52. The second kappa shape index (κ2) is 8.14. The van der Waals surface area contributed by atoms with Gasteiger partial charge in [-0.05, 0) is 49.8 Å². The molecule has 2 aromatic rings. The van der Waals surface area contributed by atoms with Crippen LogP contribution >= 0.6 is 0 Å². The summed E-state index contributed by atoms with van der Waals surface area (Å²) in [7, 11) is 0. The first-order valence-electron chi connectivity index (χ1n) is 9.65. The lowest BCUT2D eigenvalue weighted by atomic mass is 9.93. The highest BCUT2D eigenvalue weighted by atomic mass is 19.4. The molecule has 29 heavy (non-hydrogen) atoms. The largest absolute Gasteiger partial charge is 0.416 e. The molecule has 0 atom stereocenters. The number of hydrogen-bond donors (Lipinski definition) is 2. The summed E-state index contributed by atoms with van der Waals surface area (Å²) in [6.45, 7) is 3.23. The summed E-state index contributed by atoms with van der Waals surface area (Å²) in [6, 6.07) is 2.88. The molecule has 1 heterocycles. The predicted molar refractivity (Wildman–Crippen MR) is 101 cm³/mol. The molecule has 2 N–H and O–H groups in total. The Balaban J connectivity index is 1.91. The quantitative estimate of drug-likeness (QED) is 0.810. The zero-order valence-corrected chi connectivity index (χ0v) is 16.3. The monoisotopic (exact) mass is 411 g/mol. The lowest BCUT2D eigenvalue weighted by molar-refractivity contribution is -0.137. The van der Waals surface area contributed by atoms with Crippen molar-refractivity contribution in [2.45, 2.75) is 70.3 Å². The van der Waals surface area contributed by atoms with Crippen LogP contribution in [0.3, 0.4) is 0 Å². The van der Waals surface area contributed by atoms with Gasteiger partial charge in [0.15, 0.2) is 0 Å². The lowest BCUT2D eigenvalue weighted by Crippen LogP contribution is -2.42. The minimum Gasteiger partial charge on any atom is -0.393 e. The third-order valence-electron chi connectivity index (χ3n) is 5.22. The summed E-state index contributed by atoms with van der Waals surface area (Å²) >= 11 is 0. The Morgan fingerprint density at radius 2 is 1.90 bits per heavy atom. The van der Waals surface area contributed by atoms with E-state index in [1.165, 1.54) is 0 Å². The SMILES string of the molecule is CC(C)c1nn(CC(=O)N[C@H]2CC[C@@H](O)CC2)c(=O)c2ccc(C(F)(F)F)cc12. The summed E-state index contributed by atoms with van der Waals surface area (Å²) in [5, 5.41) is 16.8. The number of rotatable bonds is 4. The maximum Gasteiger partial charge on any atom is 0.416 e. The van der Waals surface area contributed by atoms with Crippen molar-refractivity contribution in [3.8, 4) is 0 Å². The van der Waals surface area contributed by atoms with E-state index in [9.17, 15) is 27.9 Å². The van der Waals surface area contributed by atoms with Crippen LogP contribution in [0.4, 0.5) is 13.2 Å². The molecule has 3 rings (SSSR count). The van der Waals surface area contributed by atoms with Crippen molar-refractivity contribution >= 4 is 16.7 Å². The molecule has 0 saturated heterocycles. The fraction of sp³-hybridized carbons (Fsp3) is 0.550. The van der Waals surface area contributed by atoms with Crippen molar-refractivity contribution in [2.75, 3.05) is 0 Å². The van der Waals surface area contributed by atoms with Crippen molar-refractivity contribution in [3.63, 3.8) is 0 Å². The van der Waals surface area contributed by atoms with E-state index in [0.29, 0.717) is 31.4 Å². The molecule has 0 aliphatic heterocycles. The molecule has 1 aliphatic rings. The van der Waals surface area contributed by atoms with Crippen molar-refractivity contribution in [3.05, 3.63) is 39.8 Å². The number of aromatic nitrogens is 2. The maximum atomic E-state index is 13.1. The second-order valence-electron chi connectivity index (χ2n) is 7.83. The fourth-order valence-corrected chi connectivity index (χ4v) is 3.65. The van der Waals surface area contributed by atoms with Gasteiger partial charge in [0, 0.05) is 11.4 Å². The summed E-state index contributed by atoms with van der Waals surface area (Å²) in [6.07, 6.45) is -2.33. The second-order valence-corrected chi connectivity index (χ2v) is 7.83. The molecule has 1 aromatic heterocycles. The van der Waals surface area contributed by atoms with Crippen LogP contribution in [0.25, 0.3) is 10.8 Å². The van der Waals surface area contributed by atoms with Crippen LogP contribution in [0.1, 0.15) is 56.7 Å². The standard InChI is InChI=1S/C20H24F3N3O3/c1-11(2)18-16-9-12(20(21,22)23)3-8-15(16)19(29)26(25-18)10-17(28)24-13-4-6-14(27)7-5-13/h3,8-9,11,13-14,27H,4-7,10H2,1-2H3,(H,24,28)/t13-,14+. The van der Waals surface area contributed by atoms with Gasteiger partial charge < -0.3 is 10.4 Å². The number of nitrogens with one attached hydrogen (secondary N) is 1. The number of aliphatic hydroxyl groups excluding tert-OH is 1. The molecule has 1 aromatic carbocycles. The Kier molecular flexibility index (Phi) is 5.97. The van der Waals surface area contributed by atoms with Crippen molar-refractivity contribution in [1.82, 2.24) is 15.1 Å². The molecule has 1 fully saturated rings. The number of alkyl halides is 3. The van der Waals surface area contributed by atoms with Gasteiger partial charge in [-0.3, -0.25) is 9.59 Å². The van der Waals surface area contributed by atoms with Crippen LogP contribution in [0, 0.1) is 0 Å². The Labute approximate surface area is 165 Å². The fourth-order valence-electron chi connectivity index (χ4n) is 3.65. The van der Waals surface area contributed by atoms with Gasteiger partial charge in [-0.1, -0.05) is 13.8 Å². The van der Waals surface area contributed by atoms with Gasteiger partial charge in [-0.2, -0.15) is 18.3 Å². The first kappa shape index (κ1) is 21.3. The highest BCUT2D eigenvalue weighted by Crippen LogP contribution is 2.32. The average molecular weight is 411 g/mol. The normalized spacial score (nSPS) is 20.2. The zero-order chi connectivity index (χ0) is 21.3. The van der Waals surface area contributed by atoms with Crippen LogP contribution in [0.5, 0.6) is 0 Å². The molecule has 1 saturated carbocycles. The average Bonchev–Trinajstić information content (AvgIpc) is 2.64. The number of fused-ring (bicyclic) bond motifs is 1. The molecule has 0 radical (unpaired) electrons. The highest BCUT2D eigenvalue weighted by Gasteiger charge is 2.31. The van der Waals surface area contributed by atoms with E-state index in [0.717, 1.165) is 22.9 Å². The predicted octanol–water partition coefficient (Wildman–Crippen LogP) is 2.96. The number of nitrogens with zero attached hydrogens (tertiary/aromatic N) is 2. The van der Waals surface area contributed by atoms with Gasteiger partial charge in [0.05, 0.1) is 22.7 Å². The Bertz CT molecular complexity index is 961. The number of benzene rings is 1. The molecular weight excluding hydrogens is 387 g/mol. The van der Waals surface area contributed by atoms with Crippen molar-refractivity contribution < 1.29 is 23.1 Å². The van der Waals surface area contributed by atoms with Gasteiger partial charge in [0.25, 0.3) is 5.56 Å². The third-order valence-corrected chi connectivity index (χ3v) is 5.22. The number of halogens is 3. The van der Waals surface area contributed by atoms with E-state index in [2.05, 4.69) is 10.4 Å². The van der Waals surface area contributed by atoms with Gasteiger partial charge >= 0.3 is 6.18 Å². The molecule has 0 unspecified atom stereocenters. The van der Waals surface area contributed by atoms with E-state index in [1.54, 1.807) is 13.8 Å². The van der Waals surface area contributed by atoms with E-state index < -0.39 is 17.3 Å². The topological polar surface area (TPSA) is 84.2 Å². The van der Waals surface area contributed by atoms with E-state index in [1.807, 2.05) is 0 Å². The van der Waals surface area contributed by atoms with Crippen LogP contribution in [-0.2, 0) is 17.5 Å². The molecule has 6 nitrogen and oxygen atoms in total. The van der Waals surface area contributed by atoms with Gasteiger partial charge in [0.2, 0.25) is 5.91 Å². The Morgan fingerprint density at radius 1 is 1.24 bits per heavy atom. The van der Waals surface area contributed by atoms with E-state index in [4.69, 9.17) is 0 Å². The maximum absolute atomic E-state index is 13.1. The third kappa shape index (κ3) is 4.77. The van der Waals surface area contributed by atoms with E-state index >= 15 is 0 Å².